The van der Waals surface area contributed by atoms with Crippen LogP contribution in [0.2, 0.25) is 0 Å². The third-order valence-electron chi connectivity index (χ3n) is 4.05. The van der Waals surface area contributed by atoms with Crippen LogP contribution in [0, 0.1) is 5.92 Å². The summed E-state index contributed by atoms with van der Waals surface area (Å²) >= 11 is 0. The first kappa shape index (κ1) is 9.88. The Morgan fingerprint density at radius 2 is 2.00 bits per heavy atom. The molecular formula is C14H16O2. The molecule has 1 unspecified atom stereocenters. The molecule has 0 radical (unpaired) electrons. The maximum Gasteiger partial charge on any atom is 0.314 e. The summed E-state index contributed by atoms with van der Waals surface area (Å²) in [5.74, 6) is 0.0590. The van der Waals surface area contributed by atoms with Gasteiger partial charge in [-0.25, -0.2) is 0 Å². The molecule has 0 saturated heterocycles. The zero-order valence-electron chi connectivity index (χ0n) is 9.49. The molecular weight excluding hydrogens is 200 g/mol. The molecule has 0 amide bonds. The van der Waals surface area contributed by atoms with Crippen LogP contribution in [-0.2, 0) is 23.1 Å². The molecule has 1 atom stereocenters. The fourth-order valence-electron chi connectivity index (χ4n) is 2.89. The highest BCUT2D eigenvalue weighted by Gasteiger charge is 2.51. The summed E-state index contributed by atoms with van der Waals surface area (Å²) in [6.07, 6.45) is 3.86. The van der Waals surface area contributed by atoms with Crippen LogP contribution < -0.4 is 0 Å². The molecule has 1 aromatic carbocycles. The summed E-state index contributed by atoms with van der Waals surface area (Å²) in [5.41, 5.74) is 3.27. The van der Waals surface area contributed by atoms with Crippen molar-refractivity contribution in [3.63, 3.8) is 0 Å². The van der Waals surface area contributed by atoms with Gasteiger partial charge in [0, 0.05) is 0 Å². The Balaban J connectivity index is 2.00. The second-order valence-corrected chi connectivity index (χ2v) is 5.38. The smallest absolute Gasteiger partial charge is 0.314 e. The van der Waals surface area contributed by atoms with Gasteiger partial charge < -0.3 is 5.11 Å². The Bertz CT molecular complexity index is 458. The molecule has 2 aliphatic carbocycles. The molecule has 1 aromatic rings. The number of benzene rings is 1. The van der Waals surface area contributed by atoms with Crippen LogP contribution >= 0.6 is 0 Å². The Kier molecular flexibility index (Phi) is 1.91. The first-order chi connectivity index (χ1) is 7.62. The highest BCUT2D eigenvalue weighted by atomic mass is 16.4. The van der Waals surface area contributed by atoms with Crippen molar-refractivity contribution in [1.29, 1.82) is 0 Å². The minimum Gasteiger partial charge on any atom is -0.481 e. The van der Waals surface area contributed by atoms with Crippen LogP contribution in [0.25, 0.3) is 0 Å². The van der Waals surface area contributed by atoms with Crippen molar-refractivity contribution in [1.82, 2.24) is 0 Å². The first-order valence-electron chi connectivity index (χ1n) is 5.97. The number of carboxylic acid groups (broad SMARTS) is 1. The summed E-state index contributed by atoms with van der Waals surface area (Å²) in [5, 5.41) is 9.26. The maximum absolute atomic E-state index is 11.2. The van der Waals surface area contributed by atoms with Crippen LogP contribution in [0.3, 0.4) is 0 Å². The van der Waals surface area contributed by atoms with E-state index in [1.165, 1.54) is 11.1 Å². The fourth-order valence-corrected chi connectivity index (χ4v) is 2.89. The van der Waals surface area contributed by atoms with Crippen molar-refractivity contribution in [2.75, 3.05) is 0 Å². The van der Waals surface area contributed by atoms with Gasteiger partial charge in [-0.2, -0.15) is 0 Å². The quantitative estimate of drug-likeness (QED) is 0.824. The van der Waals surface area contributed by atoms with Crippen molar-refractivity contribution in [2.45, 2.75) is 38.0 Å². The normalized spacial score (nSPS) is 25.2. The van der Waals surface area contributed by atoms with Gasteiger partial charge in [-0.05, 0) is 48.3 Å². The van der Waals surface area contributed by atoms with E-state index in [1.54, 1.807) is 0 Å². The van der Waals surface area contributed by atoms with Gasteiger partial charge in [0.1, 0.15) is 0 Å². The zero-order valence-corrected chi connectivity index (χ0v) is 9.49. The minimum absolute atomic E-state index is 0.541. The second kappa shape index (κ2) is 3.09. The molecule has 1 N–H and O–H groups in total. The first-order valence-corrected chi connectivity index (χ1v) is 5.97. The third kappa shape index (κ3) is 1.29. The predicted octanol–water partition coefficient (Wildman–Crippen LogP) is 2.54. The van der Waals surface area contributed by atoms with E-state index < -0.39 is 11.4 Å². The number of hydrogen-bond donors (Lipinski definition) is 1. The van der Waals surface area contributed by atoms with Crippen LogP contribution in [-0.4, -0.2) is 11.1 Å². The van der Waals surface area contributed by atoms with Crippen molar-refractivity contribution in [3.05, 3.63) is 34.9 Å². The number of fused-ring (bicyclic) bond motifs is 1. The zero-order chi connectivity index (χ0) is 11.3. The Labute approximate surface area is 95.3 Å². The molecule has 2 aliphatic rings. The van der Waals surface area contributed by atoms with Crippen molar-refractivity contribution in [3.8, 4) is 0 Å². The summed E-state index contributed by atoms with van der Waals surface area (Å²) < 4.78 is 0. The van der Waals surface area contributed by atoms with Gasteiger partial charge in [-0.15, -0.1) is 0 Å². The van der Waals surface area contributed by atoms with Crippen molar-refractivity contribution in [2.24, 2.45) is 5.92 Å². The maximum atomic E-state index is 11.2. The summed E-state index contributed by atoms with van der Waals surface area (Å²) in [6, 6.07) is 6.30. The van der Waals surface area contributed by atoms with Gasteiger partial charge in [-0.3, -0.25) is 4.79 Å². The van der Waals surface area contributed by atoms with Gasteiger partial charge >= 0.3 is 5.97 Å². The lowest BCUT2D eigenvalue weighted by atomic mass is 9.93. The molecule has 2 nitrogen and oxygen atoms in total. The second-order valence-electron chi connectivity index (χ2n) is 5.38. The van der Waals surface area contributed by atoms with E-state index >= 15 is 0 Å². The molecule has 2 heteroatoms. The molecule has 1 fully saturated rings. The average Bonchev–Trinajstić information content (AvgIpc) is 2.95. The van der Waals surface area contributed by atoms with E-state index in [1.807, 2.05) is 6.07 Å². The summed E-state index contributed by atoms with van der Waals surface area (Å²) in [7, 11) is 0. The molecule has 0 bridgehead atoms. The number of carboxylic acids is 1. The molecule has 0 heterocycles. The topological polar surface area (TPSA) is 37.3 Å². The number of hydrogen-bond acceptors (Lipinski definition) is 1. The number of aliphatic carboxylic acids is 1. The largest absolute Gasteiger partial charge is 0.481 e. The van der Waals surface area contributed by atoms with E-state index in [-0.39, 0.29) is 0 Å². The summed E-state index contributed by atoms with van der Waals surface area (Å²) in [6.45, 7) is 2.25. The molecule has 0 aromatic heterocycles. The van der Waals surface area contributed by atoms with E-state index in [2.05, 4.69) is 19.1 Å². The highest BCUT2D eigenvalue weighted by molar-refractivity contribution is 5.85. The van der Waals surface area contributed by atoms with Crippen LogP contribution in [0.1, 0.15) is 36.5 Å². The van der Waals surface area contributed by atoms with E-state index in [0.29, 0.717) is 5.92 Å². The number of carbonyl (C=O) groups is 1. The molecule has 3 rings (SSSR count). The monoisotopic (exact) mass is 216 g/mol. The Morgan fingerprint density at radius 3 is 2.62 bits per heavy atom. The molecule has 16 heavy (non-hydrogen) atoms. The number of rotatable bonds is 2. The van der Waals surface area contributed by atoms with E-state index in [0.717, 1.165) is 31.2 Å². The van der Waals surface area contributed by atoms with Gasteiger partial charge in [0.25, 0.3) is 0 Å². The molecule has 1 saturated carbocycles. The third-order valence-corrected chi connectivity index (χ3v) is 4.05. The van der Waals surface area contributed by atoms with Crippen LogP contribution in [0.15, 0.2) is 18.2 Å². The van der Waals surface area contributed by atoms with E-state index in [9.17, 15) is 9.90 Å². The lowest BCUT2D eigenvalue weighted by molar-refractivity contribution is -0.140. The fraction of sp³-hybridized carbons (Fsp3) is 0.500. The van der Waals surface area contributed by atoms with Gasteiger partial charge in [-0.1, -0.05) is 25.1 Å². The predicted molar refractivity (Wildman–Crippen MR) is 61.6 cm³/mol. The SMILES string of the molecule is CC1Cc2ccc(C3(C(=O)O)CC3)cc2C1. The molecule has 0 spiro atoms. The van der Waals surface area contributed by atoms with Crippen molar-refractivity contribution < 1.29 is 9.90 Å². The lowest BCUT2D eigenvalue weighted by Crippen LogP contribution is -2.19. The standard InChI is InChI=1S/C14H16O2/c1-9-6-10-2-3-12(8-11(10)7-9)14(4-5-14)13(15)16/h2-3,8-9H,4-7H2,1H3,(H,15,16). The Morgan fingerprint density at radius 1 is 1.31 bits per heavy atom. The van der Waals surface area contributed by atoms with Crippen molar-refractivity contribution >= 4 is 5.97 Å². The van der Waals surface area contributed by atoms with Crippen LogP contribution in [0.4, 0.5) is 0 Å². The molecule has 0 aliphatic heterocycles. The van der Waals surface area contributed by atoms with E-state index in [4.69, 9.17) is 0 Å². The lowest BCUT2D eigenvalue weighted by Gasteiger charge is -2.11. The molecule has 84 valence electrons. The Hall–Kier alpha value is -1.31. The van der Waals surface area contributed by atoms with Crippen LogP contribution in [0.5, 0.6) is 0 Å². The van der Waals surface area contributed by atoms with Gasteiger partial charge in [0.05, 0.1) is 5.41 Å². The van der Waals surface area contributed by atoms with Gasteiger partial charge in [0.15, 0.2) is 0 Å². The highest BCUT2D eigenvalue weighted by Crippen LogP contribution is 2.49. The minimum atomic E-state index is -0.654. The summed E-state index contributed by atoms with van der Waals surface area (Å²) in [4.78, 5) is 11.2. The average molecular weight is 216 g/mol. The van der Waals surface area contributed by atoms with Gasteiger partial charge in [0.2, 0.25) is 0 Å².